The summed E-state index contributed by atoms with van der Waals surface area (Å²) in [5.74, 6) is 0. The molecule has 0 spiro atoms. The molecule has 1 aromatic heterocycles. The van der Waals surface area contributed by atoms with Crippen LogP contribution >= 0.6 is 15.9 Å². The van der Waals surface area contributed by atoms with E-state index in [9.17, 15) is 8.42 Å². The number of rotatable bonds is 2. The Labute approximate surface area is 133 Å². The smallest absolute Gasteiger partial charge is 0.244 e. The van der Waals surface area contributed by atoms with Crippen molar-refractivity contribution in [2.75, 3.05) is 6.54 Å². The zero-order chi connectivity index (χ0) is 15.2. The van der Waals surface area contributed by atoms with Crippen molar-refractivity contribution in [3.63, 3.8) is 0 Å². The van der Waals surface area contributed by atoms with Crippen molar-refractivity contribution < 1.29 is 8.42 Å². The predicted octanol–water partition coefficient (Wildman–Crippen LogP) is 3.32. The average molecular weight is 369 g/mol. The predicted molar refractivity (Wildman–Crippen MR) is 85.6 cm³/mol. The van der Waals surface area contributed by atoms with Gasteiger partial charge in [0.25, 0.3) is 0 Å². The van der Waals surface area contributed by atoms with Crippen molar-refractivity contribution in [1.82, 2.24) is 8.87 Å². The molecule has 21 heavy (non-hydrogen) atoms. The van der Waals surface area contributed by atoms with Crippen LogP contribution in [-0.2, 0) is 16.6 Å². The topological polar surface area (TPSA) is 42.3 Å². The summed E-state index contributed by atoms with van der Waals surface area (Å²) >= 11 is 3.36. The van der Waals surface area contributed by atoms with E-state index < -0.39 is 10.0 Å². The highest BCUT2D eigenvalue weighted by molar-refractivity contribution is 9.10. The fourth-order valence-corrected chi connectivity index (χ4v) is 5.23. The molecule has 0 fully saturated rings. The molecule has 0 saturated heterocycles. The Morgan fingerprint density at radius 1 is 1.24 bits per heavy atom. The molecule has 0 unspecified atom stereocenters. The Hall–Kier alpha value is -1.11. The minimum Gasteiger partial charge on any atom is -0.349 e. The van der Waals surface area contributed by atoms with Crippen LogP contribution in [0, 0.1) is 6.92 Å². The van der Waals surface area contributed by atoms with Crippen LogP contribution in [0.1, 0.15) is 24.2 Å². The first kappa shape index (κ1) is 14.8. The maximum absolute atomic E-state index is 13.0. The molecule has 2 heterocycles. The van der Waals surface area contributed by atoms with Gasteiger partial charge in [-0.1, -0.05) is 22.0 Å². The van der Waals surface area contributed by atoms with Crippen molar-refractivity contribution in [2.24, 2.45) is 0 Å². The lowest BCUT2D eigenvalue weighted by Crippen LogP contribution is -2.40. The molecule has 1 aliphatic heterocycles. The second-order valence-electron chi connectivity index (χ2n) is 5.33. The van der Waals surface area contributed by atoms with E-state index in [1.54, 1.807) is 10.4 Å². The van der Waals surface area contributed by atoms with Crippen molar-refractivity contribution in [1.29, 1.82) is 0 Å². The third kappa shape index (κ3) is 2.45. The van der Waals surface area contributed by atoms with E-state index in [-0.39, 0.29) is 6.04 Å². The molecular formula is C15H17BrN2O2S. The van der Waals surface area contributed by atoms with Crippen molar-refractivity contribution >= 4 is 26.0 Å². The van der Waals surface area contributed by atoms with Gasteiger partial charge >= 0.3 is 0 Å². The van der Waals surface area contributed by atoms with Crippen LogP contribution in [0.3, 0.4) is 0 Å². The van der Waals surface area contributed by atoms with Gasteiger partial charge in [-0.15, -0.1) is 0 Å². The van der Waals surface area contributed by atoms with E-state index in [1.165, 1.54) is 0 Å². The molecule has 0 aliphatic carbocycles. The molecule has 1 atom stereocenters. The van der Waals surface area contributed by atoms with Gasteiger partial charge in [0.2, 0.25) is 10.0 Å². The molecule has 3 rings (SSSR count). The molecule has 0 bridgehead atoms. The maximum atomic E-state index is 13.0. The van der Waals surface area contributed by atoms with Crippen molar-refractivity contribution in [3.05, 3.63) is 52.3 Å². The minimum absolute atomic E-state index is 0.155. The Kier molecular flexibility index (Phi) is 3.71. The molecule has 112 valence electrons. The van der Waals surface area contributed by atoms with Gasteiger partial charge in [-0.05, 0) is 43.7 Å². The second-order valence-corrected chi connectivity index (χ2v) is 8.10. The summed E-state index contributed by atoms with van der Waals surface area (Å²) in [5.41, 5.74) is 1.81. The number of fused-ring (bicyclic) bond motifs is 1. The number of benzene rings is 1. The normalized spacial score (nSPS) is 19.5. The quantitative estimate of drug-likeness (QED) is 0.815. The lowest BCUT2D eigenvalue weighted by atomic mass is 10.2. The standard InChI is InChI=1S/C15H17BrN2O2S/c1-11-5-6-13(16)10-15(11)21(19,20)18-9-8-17-7-3-4-14(17)12(18)2/h3-7,10,12H,8-9H2,1-2H3/t12-/m1/s1. The van der Waals surface area contributed by atoms with Gasteiger partial charge in [0, 0.05) is 29.5 Å². The highest BCUT2D eigenvalue weighted by Crippen LogP contribution is 2.32. The molecular weight excluding hydrogens is 352 g/mol. The van der Waals surface area contributed by atoms with Crippen LogP contribution in [0.4, 0.5) is 0 Å². The van der Waals surface area contributed by atoms with E-state index in [2.05, 4.69) is 20.5 Å². The number of halogens is 1. The fourth-order valence-electron chi connectivity index (χ4n) is 2.86. The maximum Gasteiger partial charge on any atom is 0.244 e. The van der Waals surface area contributed by atoms with Gasteiger partial charge in [-0.2, -0.15) is 4.31 Å². The van der Waals surface area contributed by atoms with Gasteiger partial charge in [0.15, 0.2) is 0 Å². The van der Waals surface area contributed by atoms with Gasteiger partial charge in [-0.3, -0.25) is 0 Å². The molecule has 2 aromatic rings. The van der Waals surface area contributed by atoms with Gasteiger partial charge < -0.3 is 4.57 Å². The first-order chi connectivity index (χ1) is 9.91. The summed E-state index contributed by atoms with van der Waals surface area (Å²) in [6.45, 7) is 4.96. The van der Waals surface area contributed by atoms with Gasteiger partial charge in [0.05, 0.1) is 10.9 Å². The highest BCUT2D eigenvalue weighted by Gasteiger charge is 2.34. The van der Waals surface area contributed by atoms with Crippen LogP contribution in [0.2, 0.25) is 0 Å². The lowest BCUT2D eigenvalue weighted by Gasteiger charge is -2.34. The molecule has 1 aromatic carbocycles. The zero-order valence-corrected chi connectivity index (χ0v) is 14.4. The molecule has 0 radical (unpaired) electrons. The van der Waals surface area contributed by atoms with E-state index in [0.717, 1.165) is 15.7 Å². The Morgan fingerprint density at radius 2 is 2.00 bits per heavy atom. The van der Waals surface area contributed by atoms with Crippen LogP contribution in [-0.4, -0.2) is 23.8 Å². The first-order valence-corrected chi connectivity index (χ1v) is 9.07. The first-order valence-electron chi connectivity index (χ1n) is 6.84. The monoisotopic (exact) mass is 368 g/mol. The van der Waals surface area contributed by atoms with E-state index in [0.29, 0.717) is 18.0 Å². The summed E-state index contributed by atoms with van der Waals surface area (Å²) < 4.78 is 30.5. The number of sulfonamides is 1. The van der Waals surface area contributed by atoms with Gasteiger partial charge in [-0.25, -0.2) is 8.42 Å². The van der Waals surface area contributed by atoms with Crippen LogP contribution in [0.5, 0.6) is 0 Å². The van der Waals surface area contributed by atoms with Crippen LogP contribution in [0.15, 0.2) is 45.9 Å². The van der Waals surface area contributed by atoms with E-state index in [1.807, 2.05) is 44.3 Å². The number of hydrogen-bond acceptors (Lipinski definition) is 2. The molecule has 4 nitrogen and oxygen atoms in total. The lowest BCUT2D eigenvalue weighted by molar-refractivity contribution is 0.282. The number of aryl methyl sites for hydroxylation is 1. The minimum atomic E-state index is -3.49. The number of aromatic nitrogens is 1. The molecule has 0 N–H and O–H groups in total. The molecule has 0 saturated carbocycles. The van der Waals surface area contributed by atoms with Gasteiger partial charge in [0.1, 0.15) is 0 Å². The fraction of sp³-hybridized carbons (Fsp3) is 0.333. The molecule has 0 amide bonds. The summed E-state index contributed by atoms with van der Waals surface area (Å²) in [4.78, 5) is 0.378. The summed E-state index contributed by atoms with van der Waals surface area (Å²) in [5, 5.41) is 0. The Balaban J connectivity index is 2.05. The van der Waals surface area contributed by atoms with Crippen molar-refractivity contribution in [3.8, 4) is 0 Å². The molecule has 1 aliphatic rings. The summed E-state index contributed by atoms with van der Waals surface area (Å²) in [6.07, 6.45) is 2.00. The third-order valence-corrected chi connectivity index (χ3v) is 6.63. The Morgan fingerprint density at radius 3 is 2.76 bits per heavy atom. The zero-order valence-electron chi connectivity index (χ0n) is 12.0. The second kappa shape index (κ2) is 5.26. The van der Waals surface area contributed by atoms with Crippen LogP contribution < -0.4 is 0 Å². The van der Waals surface area contributed by atoms with E-state index in [4.69, 9.17) is 0 Å². The summed E-state index contributed by atoms with van der Waals surface area (Å²) in [6, 6.07) is 9.17. The van der Waals surface area contributed by atoms with Crippen molar-refractivity contribution in [2.45, 2.75) is 31.3 Å². The largest absolute Gasteiger partial charge is 0.349 e. The molecule has 6 heteroatoms. The number of nitrogens with zero attached hydrogens (tertiary/aromatic N) is 2. The van der Waals surface area contributed by atoms with E-state index >= 15 is 0 Å². The number of hydrogen-bond donors (Lipinski definition) is 0. The van der Waals surface area contributed by atoms with Crippen LogP contribution in [0.25, 0.3) is 0 Å². The summed E-state index contributed by atoms with van der Waals surface area (Å²) in [7, 11) is -3.49. The third-order valence-electron chi connectivity index (χ3n) is 4.02. The Bertz CT molecular complexity index is 783. The average Bonchev–Trinajstić information content (AvgIpc) is 2.91. The highest BCUT2D eigenvalue weighted by atomic mass is 79.9. The SMILES string of the molecule is Cc1ccc(Br)cc1S(=O)(=O)N1CCn2cccc2[C@H]1C.